The van der Waals surface area contributed by atoms with Crippen molar-refractivity contribution >= 4 is 40.9 Å². The Morgan fingerprint density at radius 1 is 1.05 bits per heavy atom. The molecular weight excluding hydrogens is 752 g/mol. The summed E-state index contributed by atoms with van der Waals surface area (Å²) in [5.74, 6) is -3.93. The Bertz CT molecular complexity index is 1620. The topological polar surface area (TPSA) is 155 Å². The number of carboxylic acids is 1. The highest BCUT2D eigenvalue weighted by Gasteiger charge is 2.39. The van der Waals surface area contributed by atoms with Gasteiger partial charge < -0.3 is 24.8 Å². The number of hydrogen-bond donors (Lipinski definition) is 2. The number of esters is 1. The lowest BCUT2D eigenvalue weighted by Gasteiger charge is -2.39. The number of carbonyl (C=O) groups is 5. The summed E-state index contributed by atoms with van der Waals surface area (Å²) in [6, 6.07) is 4.51. The maximum Gasteiger partial charge on any atom is 0.306 e. The minimum absolute atomic E-state index is 0.00710. The van der Waals surface area contributed by atoms with Crippen LogP contribution in [0, 0.1) is 35.4 Å². The van der Waals surface area contributed by atoms with Crippen molar-refractivity contribution in [3.8, 4) is 0 Å². The van der Waals surface area contributed by atoms with Crippen molar-refractivity contribution in [1.29, 1.82) is 0 Å². The summed E-state index contributed by atoms with van der Waals surface area (Å²) in [4.78, 5) is 74.9. The number of aliphatic carboxylic acids is 1. The number of piperidine rings is 1. The van der Waals surface area contributed by atoms with Crippen LogP contribution in [0.25, 0.3) is 0 Å². The van der Waals surface area contributed by atoms with E-state index in [1.54, 1.807) is 29.3 Å². The lowest BCUT2D eigenvalue weighted by Crippen LogP contribution is -2.50. The number of nitrogens with one attached hydrogen (secondary N) is 1. The van der Waals surface area contributed by atoms with Crippen LogP contribution in [-0.4, -0.2) is 94.5 Å². The van der Waals surface area contributed by atoms with E-state index in [1.165, 1.54) is 19.1 Å². The van der Waals surface area contributed by atoms with Gasteiger partial charge in [-0.15, -0.1) is 11.3 Å². The maximum atomic E-state index is 14.8. The van der Waals surface area contributed by atoms with Gasteiger partial charge in [-0.25, -0.2) is 9.37 Å². The molecule has 1 aromatic carbocycles. The highest BCUT2D eigenvalue weighted by molar-refractivity contribution is 7.09. The van der Waals surface area contributed by atoms with E-state index >= 15 is 0 Å². The fraction of sp³-hybridized carbons (Fsp3) is 0.674. The van der Waals surface area contributed by atoms with Crippen molar-refractivity contribution in [2.75, 3.05) is 26.9 Å². The van der Waals surface area contributed by atoms with Gasteiger partial charge in [-0.2, -0.15) is 0 Å². The number of aromatic nitrogens is 1. The number of thiazole rings is 1. The highest BCUT2D eigenvalue weighted by atomic mass is 32.1. The van der Waals surface area contributed by atoms with Crippen molar-refractivity contribution in [3.63, 3.8) is 0 Å². The smallest absolute Gasteiger partial charge is 0.306 e. The molecule has 1 fully saturated rings. The molecule has 2 N–H and O–H groups in total. The van der Waals surface area contributed by atoms with Gasteiger partial charge >= 0.3 is 11.9 Å². The van der Waals surface area contributed by atoms with Crippen LogP contribution < -0.4 is 5.32 Å². The van der Waals surface area contributed by atoms with Gasteiger partial charge in [0, 0.05) is 43.1 Å². The molecule has 0 saturated carbocycles. The van der Waals surface area contributed by atoms with E-state index in [0.717, 1.165) is 42.7 Å². The van der Waals surface area contributed by atoms with E-state index in [4.69, 9.17) is 9.47 Å². The lowest BCUT2D eigenvalue weighted by molar-refractivity contribution is -0.155. The van der Waals surface area contributed by atoms with Gasteiger partial charge in [-0.1, -0.05) is 73.4 Å². The number of carbonyl (C=O) groups excluding carboxylic acids is 4. The summed E-state index contributed by atoms with van der Waals surface area (Å²) >= 11 is 1.15. The summed E-state index contributed by atoms with van der Waals surface area (Å²) in [5.41, 5.74) is 0.794. The lowest BCUT2D eigenvalue weighted by atomic mass is 9.82. The van der Waals surface area contributed by atoms with Gasteiger partial charge in [-0.3, -0.25) is 28.9 Å². The van der Waals surface area contributed by atoms with E-state index in [2.05, 4.69) is 15.2 Å². The molecule has 57 heavy (non-hydrogen) atoms. The first-order valence-electron chi connectivity index (χ1n) is 20.4. The van der Waals surface area contributed by atoms with Gasteiger partial charge in [0.15, 0.2) is 11.9 Å². The van der Waals surface area contributed by atoms with Crippen LogP contribution in [0.3, 0.4) is 0 Å². The third kappa shape index (κ3) is 14.9. The van der Waals surface area contributed by atoms with Crippen molar-refractivity contribution in [1.82, 2.24) is 20.1 Å². The van der Waals surface area contributed by atoms with Gasteiger partial charge in [0.05, 0.1) is 18.6 Å². The first kappa shape index (κ1) is 47.6. The van der Waals surface area contributed by atoms with Gasteiger partial charge in [0.1, 0.15) is 23.2 Å². The monoisotopic (exact) mass is 816 g/mol. The molecule has 7 atom stereocenters. The Kier molecular flexibility index (Phi) is 19.2. The maximum absolute atomic E-state index is 14.8. The van der Waals surface area contributed by atoms with Crippen LogP contribution >= 0.6 is 11.3 Å². The summed E-state index contributed by atoms with van der Waals surface area (Å²) in [6.07, 6.45) is 3.29. The zero-order valence-corrected chi connectivity index (χ0v) is 36.1. The Morgan fingerprint density at radius 3 is 2.32 bits per heavy atom. The zero-order valence-electron chi connectivity index (χ0n) is 35.3. The van der Waals surface area contributed by atoms with Crippen molar-refractivity contribution in [3.05, 3.63) is 51.7 Å². The molecule has 2 heterocycles. The molecule has 2 aromatic rings. The summed E-state index contributed by atoms with van der Waals surface area (Å²) in [7, 11) is 1.97. The van der Waals surface area contributed by atoms with Crippen molar-refractivity contribution in [2.24, 2.45) is 29.6 Å². The second kappa shape index (κ2) is 23.0. The summed E-state index contributed by atoms with van der Waals surface area (Å²) in [5, 5.41) is 14.4. The Morgan fingerprint density at radius 2 is 1.74 bits per heavy atom. The van der Waals surface area contributed by atoms with Crippen molar-refractivity contribution in [2.45, 2.75) is 131 Å². The number of hydrogen-bond acceptors (Lipinski definition) is 10. The number of carboxylic acid groups (broad SMARTS) is 1. The van der Waals surface area contributed by atoms with Gasteiger partial charge in [0.25, 0.3) is 5.91 Å². The van der Waals surface area contributed by atoms with Crippen LogP contribution in [0.1, 0.15) is 127 Å². The molecule has 0 bridgehead atoms. The fourth-order valence-corrected chi connectivity index (χ4v) is 8.22. The van der Waals surface area contributed by atoms with Gasteiger partial charge in [-0.05, 0) is 74.7 Å². The summed E-state index contributed by atoms with van der Waals surface area (Å²) < 4.78 is 25.6. The number of benzene rings is 1. The number of ether oxygens (including phenoxy) is 2. The van der Waals surface area contributed by atoms with Crippen LogP contribution in [0.5, 0.6) is 0 Å². The molecule has 3 rings (SSSR count). The van der Waals surface area contributed by atoms with E-state index in [-0.39, 0.29) is 73.6 Å². The number of Topliss-reactive ketones (excluding diaryl/α,β-unsaturated/α-hetero) is 1. The minimum atomic E-state index is -1.01. The second-order valence-corrected chi connectivity index (χ2v) is 17.4. The number of likely N-dealkylation sites (N-methyl/N-ethyl adjacent to an activating group) is 1. The number of rotatable bonds is 23. The third-order valence-electron chi connectivity index (χ3n) is 10.9. The average Bonchev–Trinajstić information content (AvgIpc) is 3.65. The molecule has 1 aliphatic rings. The molecule has 1 aliphatic heterocycles. The number of likely N-dealkylation sites (tertiary alicyclic amines) is 1. The molecule has 12 nitrogen and oxygen atoms in total. The predicted molar refractivity (Wildman–Crippen MR) is 218 cm³/mol. The first-order valence-corrected chi connectivity index (χ1v) is 21.3. The molecule has 14 heteroatoms. The summed E-state index contributed by atoms with van der Waals surface area (Å²) in [6.45, 7) is 16.2. The molecule has 1 aromatic heterocycles. The molecule has 0 radical (unpaired) electrons. The normalized spacial score (nSPS) is 18.0. The molecule has 2 amide bonds. The largest absolute Gasteiger partial charge is 0.481 e. The second-order valence-electron chi connectivity index (χ2n) is 16.5. The molecule has 2 unspecified atom stereocenters. The van der Waals surface area contributed by atoms with E-state index in [0.29, 0.717) is 18.0 Å². The first-order chi connectivity index (χ1) is 26.9. The van der Waals surface area contributed by atoms with Gasteiger partial charge in [0.2, 0.25) is 5.91 Å². The fourth-order valence-electron chi connectivity index (χ4n) is 7.38. The van der Waals surface area contributed by atoms with Crippen LogP contribution in [0.2, 0.25) is 0 Å². The number of nitrogens with zero attached hydrogens (tertiary/aromatic N) is 3. The molecular formula is C43H65FN4O8S. The zero-order chi connectivity index (χ0) is 42.4. The standard InChI is InChI=1S/C43H65FN4O8S/c1-10-28(6)34(21-38(50)36-13-11-12-18-47(36)9)42(52)48(25-55-23-26(2)3)37(27(4)5)22-39(56-30(8)49)41-46-35(24-57-41)40(51)45-33(19-29(7)43(53)54)20-31-14-16-32(44)17-15-31/h14-17,24,26-29,33-34,36-37,39H,10-13,18-23,25H2,1-9H3,(H,45,51)(H,53,54)/t28-,29-,33+,34?,36?,37+,39+/m0/s1. The Labute approximate surface area is 342 Å². The highest BCUT2D eigenvalue weighted by Crippen LogP contribution is 2.33. The van der Waals surface area contributed by atoms with Crippen LogP contribution in [0.15, 0.2) is 29.6 Å². The molecule has 318 valence electrons. The number of ketones is 1. The number of amides is 2. The third-order valence-corrected chi connectivity index (χ3v) is 11.9. The minimum Gasteiger partial charge on any atom is -0.481 e. The predicted octanol–water partition coefficient (Wildman–Crippen LogP) is 7.32. The Balaban J connectivity index is 1.93. The van der Waals surface area contributed by atoms with Crippen molar-refractivity contribution < 1.29 is 42.9 Å². The molecule has 0 spiro atoms. The molecule has 0 aliphatic carbocycles. The SMILES string of the molecule is CC[C@H](C)C(CC(=O)C1CCCCN1C)C(=O)N(COCC(C)C)[C@H](C[C@@H](OC(C)=O)c1nc(C(=O)N[C@@H](Cc2ccc(F)cc2)C[C@H](C)C(=O)O)cs1)C(C)C. The van der Waals surface area contributed by atoms with Crippen LogP contribution in [0.4, 0.5) is 4.39 Å². The number of halogens is 1. The van der Waals surface area contributed by atoms with E-state index in [9.17, 15) is 33.5 Å². The molecule has 1 saturated heterocycles. The van der Waals surface area contributed by atoms with Crippen LogP contribution in [-0.2, 0) is 35.1 Å². The van der Waals surface area contributed by atoms with E-state index in [1.807, 2.05) is 48.6 Å². The Hall–Kier alpha value is -3.75. The quantitative estimate of drug-likeness (QED) is 0.0862. The van der Waals surface area contributed by atoms with E-state index < -0.39 is 53.7 Å². The average molecular weight is 817 g/mol.